The highest BCUT2D eigenvalue weighted by atomic mass is 16.4. The number of carbonyl (C=O) groups is 2. The third-order valence-electron chi connectivity index (χ3n) is 4.12. The number of carbonyl (C=O) groups excluding carboxylic acids is 2. The zero-order chi connectivity index (χ0) is 21.2. The molecule has 5 N–H and O–H groups in total. The van der Waals surface area contributed by atoms with Crippen LogP contribution in [0.3, 0.4) is 0 Å². The Morgan fingerprint density at radius 3 is 2.41 bits per heavy atom. The summed E-state index contributed by atoms with van der Waals surface area (Å²) in [6, 6.07) is 7.66. The quantitative estimate of drug-likeness (QED) is 0.395. The van der Waals surface area contributed by atoms with Gasteiger partial charge in [0.15, 0.2) is 5.82 Å². The summed E-state index contributed by atoms with van der Waals surface area (Å²) >= 11 is 0. The molecular weight excluding hydrogens is 373 g/mol. The SMILES string of the molecule is CC(C)C[C@H](NC(=O)NC(Cc1ccccc1)C(=O)Nc1cnccn1)B(O)O. The fourth-order valence-electron chi connectivity index (χ4n) is 2.77. The van der Waals surface area contributed by atoms with Gasteiger partial charge in [0.2, 0.25) is 5.91 Å². The Bertz CT molecular complexity index is 777. The molecule has 1 aromatic heterocycles. The number of nitrogens with one attached hydrogen (secondary N) is 3. The Morgan fingerprint density at radius 2 is 1.83 bits per heavy atom. The first kappa shape index (κ1) is 22.3. The molecule has 1 unspecified atom stereocenters. The molecule has 2 aromatic rings. The summed E-state index contributed by atoms with van der Waals surface area (Å²) < 4.78 is 0. The summed E-state index contributed by atoms with van der Waals surface area (Å²) in [5, 5.41) is 26.8. The number of hydrogen-bond donors (Lipinski definition) is 5. The first-order valence-electron chi connectivity index (χ1n) is 9.39. The second kappa shape index (κ2) is 11.1. The van der Waals surface area contributed by atoms with Crippen LogP contribution in [0.5, 0.6) is 0 Å². The number of hydrogen-bond acceptors (Lipinski definition) is 6. The van der Waals surface area contributed by atoms with E-state index in [1.165, 1.54) is 18.6 Å². The molecule has 1 heterocycles. The lowest BCUT2D eigenvalue weighted by Crippen LogP contribution is -2.55. The molecule has 0 saturated heterocycles. The zero-order valence-electron chi connectivity index (χ0n) is 16.4. The third-order valence-corrected chi connectivity index (χ3v) is 4.12. The molecule has 2 rings (SSSR count). The Hall–Kier alpha value is -2.98. The maximum absolute atomic E-state index is 12.7. The van der Waals surface area contributed by atoms with E-state index in [1.54, 1.807) is 0 Å². The number of anilines is 1. The predicted octanol–water partition coefficient (Wildman–Crippen LogP) is 0.752. The van der Waals surface area contributed by atoms with Crippen LogP contribution in [0, 0.1) is 5.92 Å². The van der Waals surface area contributed by atoms with Gasteiger partial charge in [-0.1, -0.05) is 44.2 Å². The van der Waals surface area contributed by atoms with Gasteiger partial charge in [0.1, 0.15) is 6.04 Å². The van der Waals surface area contributed by atoms with E-state index in [-0.39, 0.29) is 18.2 Å². The first-order chi connectivity index (χ1) is 13.8. The van der Waals surface area contributed by atoms with E-state index in [0.29, 0.717) is 6.42 Å². The minimum atomic E-state index is -1.70. The number of benzene rings is 1. The Morgan fingerprint density at radius 1 is 1.10 bits per heavy atom. The molecule has 1 aromatic carbocycles. The van der Waals surface area contributed by atoms with Crippen LogP contribution in [0.4, 0.5) is 10.6 Å². The van der Waals surface area contributed by atoms with Crippen LogP contribution in [0.25, 0.3) is 0 Å². The van der Waals surface area contributed by atoms with Gasteiger partial charge in [-0.15, -0.1) is 0 Å². The smallest absolute Gasteiger partial charge is 0.426 e. The Kier molecular flexibility index (Phi) is 8.56. The van der Waals surface area contributed by atoms with Crippen molar-refractivity contribution in [2.45, 2.75) is 38.7 Å². The Balaban J connectivity index is 2.09. The molecule has 0 spiro atoms. The van der Waals surface area contributed by atoms with Gasteiger partial charge in [0, 0.05) is 18.8 Å². The largest absolute Gasteiger partial charge is 0.475 e. The van der Waals surface area contributed by atoms with E-state index >= 15 is 0 Å². The topological polar surface area (TPSA) is 136 Å². The monoisotopic (exact) mass is 399 g/mol. The van der Waals surface area contributed by atoms with Crippen molar-refractivity contribution in [1.82, 2.24) is 20.6 Å². The molecule has 9 nitrogen and oxygen atoms in total. The highest BCUT2D eigenvalue weighted by Crippen LogP contribution is 2.08. The molecule has 0 aliphatic rings. The maximum Gasteiger partial charge on any atom is 0.475 e. The highest BCUT2D eigenvalue weighted by molar-refractivity contribution is 6.43. The van der Waals surface area contributed by atoms with E-state index in [2.05, 4.69) is 25.9 Å². The molecular formula is C19H26BN5O4. The van der Waals surface area contributed by atoms with Crippen molar-refractivity contribution in [2.24, 2.45) is 5.92 Å². The average molecular weight is 399 g/mol. The molecule has 0 saturated carbocycles. The van der Waals surface area contributed by atoms with Crippen LogP contribution in [-0.4, -0.2) is 51.1 Å². The van der Waals surface area contributed by atoms with Gasteiger partial charge in [-0.25, -0.2) is 9.78 Å². The van der Waals surface area contributed by atoms with Crippen molar-refractivity contribution in [1.29, 1.82) is 0 Å². The molecule has 0 bridgehead atoms. The lowest BCUT2D eigenvalue weighted by atomic mass is 9.75. The highest BCUT2D eigenvalue weighted by Gasteiger charge is 2.28. The minimum Gasteiger partial charge on any atom is -0.426 e. The van der Waals surface area contributed by atoms with Gasteiger partial charge in [-0.2, -0.15) is 0 Å². The van der Waals surface area contributed by atoms with Gasteiger partial charge >= 0.3 is 13.1 Å². The van der Waals surface area contributed by atoms with Crippen LogP contribution in [0.15, 0.2) is 48.9 Å². The van der Waals surface area contributed by atoms with Gasteiger partial charge in [-0.3, -0.25) is 9.78 Å². The van der Waals surface area contributed by atoms with Gasteiger partial charge in [0.25, 0.3) is 0 Å². The zero-order valence-corrected chi connectivity index (χ0v) is 16.4. The average Bonchev–Trinajstić information content (AvgIpc) is 2.68. The number of nitrogens with zero attached hydrogens (tertiary/aromatic N) is 2. The van der Waals surface area contributed by atoms with E-state index in [4.69, 9.17) is 0 Å². The van der Waals surface area contributed by atoms with E-state index in [0.717, 1.165) is 5.56 Å². The molecule has 0 aliphatic carbocycles. The summed E-state index contributed by atoms with van der Waals surface area (Å²) in [6.45, 7) is 3.81. The summed E-state index contributed by atoms with van der Waals surface area (Å²) in [5.41, 5.74) is 0.855. The van der Waals surface area contributed by atoms with Crippen molar-refractivity contribution in [2.75, 3.05) is 5.32 Å². The van der Waals surface area contributed by atoms with Gasteiger partial charge < -0.3 is 26.0 Å². The van der Waals surface area contributed by atoms with E-state index in [9.17, 15) is 19.6 Å². The van der Waals surface area contributed by atoms with Gasteiger partial charge in [-0.05, 0) is 17.9 Å². The molecule has 29 heavy (non-hydrogen) atoms. The van der Waals surface area contributed by atoms with Crippen molar-refractivity contribution in [3.63, 3.8) is 0 Å². The van der Waals surface area contributed by atoms with E-state index in [1.807, 2.05) is 44.2 Å². The first-order valence-corrected chi connectivity index (χ1v) is 9.39. The van der Waals surface area contributed by atoms with Crippen LogP contribution >= 0.6 is 0 Å². The lowest BCUT2D eigenvalue weighted by Gasteiger charge is -2.23. The van der Waals surface area contributed by atoms with Crippen molar-refractivity contribution >= 4 is 24.9 Å². The van der Waals surface area contributed by atoms with Crippen molar-refractivity contribution < 1.29 is 19.6 Å². The molecule has 154 valence electrons. The molecule has 3 amide bonds. The normalized spacial score (nSPS) is 12.7. The number of rotatable bonds is 9. The minimum absolute atomic E-state index is 0.141. The molecule has 10 heteroatoms. The second-order valence-electron chi connectivity index (χ2n) is 7.09. The number of amides is 3. The fraction of sp³-hybridized carbons (Fsp3) is 0.368. The summed E-state index contributed by atoms with van der Waals surface area (Å²) in [4.78, 5) is 33.1. The number of urea groups is 1. The summed E-state index contributed by atoms with van der Waals surface area (Å²) in [6.07, 6.45) is 4.95. The maximum atomic E-state index is 12.7. The van der Waals surface area contributed by atoms with E-state index < -0.39 is 31.0 Å². The Labute approximate surface area is 170 Å². The molecule has 0 radical (unpaired) electrons. The summed E-state index contributed by atoms with van der Waals surface area (Å²) in [5.74, 6) is -0.909. The van der Waals surface area contributed by atoms with Crippen LogP contribution in [0.1, 0.15) is 25.8 Å². The third kappa shape index (κ3) is 7.88. The summed E-state index contributed by atoms with van der Waals surface area (Å²) in [7, 11) is -1.70. The van der Waals surface area contributed by atoms with Crippen LogP contribution < -0.4 is 16.0 Å². The fourth-order valence-corrected chi connectivity index (χ4v) is 2.77. The molecule has 0 aliphatic heterocycles. The standard InChI is InChI=1S/C19H26BN5O4/c1-13(2)10-16(20(28)29)24-19(27)23-15(11-14-6-4-3-5-7-14)18(26)25-17-12-21-8-9-22-17/h3-9,12-13,15-16,28-29H,10-11H2,1-2H3,(H,22,25,26)(H2,23,24,27)/t15?,16-/m0/s1. The van der Waals surface area contributed by atoms with Crippen LogP contribution in [-0.2, 0) is 11.2 Å². The predicted molar refractivity (Wildman–Crippen MR) is 110 cm³/mol. The molecule has 0 fully saturated rings. The second-order valence-corrected chi connectivity index (χ2v) is 7.09. The lowest BCUT2D eigenvalue weighted by molar-refractivity contribution is -0.117. The molecule has 2 atom stereocenters. The van der Waals surface area contributed by atoms with Gasteiger partial charge in [0.05, 0.1) is 12.1 Å². The van der Waals surface area contributed by atoms with Crippen molar-refractivity contribution in [3.8, 4) is 0 Å². The number of aromatic nitrogens is 2. The van der Waals surface area contributed by atoms with Crippen LogP contribution in [0.2, 0.25) is 0 Å². The van der Waals surface area contributed by atoms with Crippen molar-refractivity contribution in [3.05, 3.63) is 54.5 Å².